The number of likely N-dealkylation sites (tertiary alicyclic amines) is 2. The fourth-order valence-corrected chi connectivity index (χ4v) is 8.44. The predicted octanol–water partition coefficient (Wildman–Crippen LogP) is 5.24. The van der Waals surface area contributed by atoms with Gasteiger partial charge in [0.05, 0.1) is 33.6 Å². The summed E-state index contributed by atoms with van der Waals surface area (Å²) in [7, 11) is 0. The highest BCUT2D eigenvalue weighted by atomic mass is 35.5. The monoisotopic (exact) mass is 546 g/mol. The largest absolute Gasteiger partial charge is 0.395 e. The van der Waals surface area contributed by atoms with Crippen LogP contribution in [0.15, 0.2) is 41.2 Å². The van der Waals surface area contributed by atoms with Crippen molar-refractivity contribution in [2.45, 2.75) is 75.2 Å². The van der Waals surface area contributed by atoms with Crippen molar-refractivity contribution in [1.29, 1.82) is 0 Å². The molecule has 3 fully saturated rings. The number of aromatic nitrogens is 2. The molecule has 7 rings (SSSR count). The first-order valence-corrected chi connectivity index (χ1v) is 15.4. The van der Waals surface area contributed by atoms with Gasteiger partial charge >= 0.3 is 0 Å². The van der Waals surface area contributed by atoms with Gasteiger partial charge in [0.2, 0.25) is 0 Å². The molecule has 7 heteroatoms. The van der Waals surface area contributed by atoms with Gasteiger partial charge in [0.25, 0.3) is 5.56 Å². The highest BCUT2D eigenvalue weighted by molar-refractivity contribution is 6.35. The molecule has 1 N–H and O–H groups in total. The Balaban J connectivity index is 1.19. The topological polar surface area (TPSA) is 61.6 Å². The van der Waals surface area contributed by atoms with Crippen molar-refractivity contribution >= 4 is 22.5 Å². The number of hydrogen-bond donors (Lipinski definition) is 1. The second kappa shape index (κ2) is 10.3. The summed E-state index contributed by atoms with van der Waals surface area (Å²) >= 11 is 6.51. The minimum atomic E-state index is -0.200. The SMILES string of the molecule is O=c1nc2n(c3cccc(Cl)c13)-c1ccc(C3CCN(C4CCN(CCO)CC4)CC3)cc1C21CCCCC1. The first kappa shape index (κ1) is 25.7. The number of β-amino-alcohol motifs (C(OH)–C–C–N with tert-alkyl or cyclic N) is 1. The molecule has 2 saturated heterocycles. The van der Waals surface area contributed by atoms with E-state index in [0.29, 0.717) is 22.4 Å². The van der Waals surface area contributed by atoms with Crippen molar-refractivity contribution in [3.8, 4) is 5.69 Å². The molecule has 4 heterocycles. The van der Waals surface area contributed by atoms with Crippen LogP contribution in [-0.4, -0.2) is 69.8 Å². The number of hydrogen-bond acceptors (Lipinski definition) is 5. The number of piperidine rings is 2. The molecule has 4 aliphatic rings. The smallest absolute Gasteiger partial charge is 0.282 e. The van der Waals surface area contributed by atoms with E-state index in [1.807, 2.05) is 12.1 Å². The Morgan fingerprint density at radius 2 is 1.74 bits per heavy atom. The van der Waals surface area contributed by atoms with E-state index in [2.05, 4.69) is 32.6 Å². The van der Waals surface area contributed by atoms with Gasteiger partial charge < -0.3 is 14.9 Å². The number of fused-ring (bicyclic) bond motifs is 7. The number of nitrogens with zero attached hydrogens (tertiary/aromatic N) is 4. The maximum absolute atomic E-state index is 13.2. The second-order valence-corrected chi connectivity index (χ2v) is 12.6. The predicted molar refractivity (Wildman–Crippen MR) is 156 cm³/mol. The van der Waals surface area contributed by atoms with E-state index in [4.69, 9.17) is 16.6 Å². The zero-order chi connectivity index (χ0) is 26.6. The summed E-state index contributed by atoms with van der Waals surface area (Å²) < 4.78 is 2.25. The van der Waals surface area contributed by atoms with E-state index < -0.39 is 0 Å². The molecule has 0 radical (unpaired) electrons. The molecule has 0 bridgehead atoms. The molecular weight excluding hydrogens is 508 g/mol. The van der Waals surface area contributed by atoms with Crippen molar-refractivity contribution in [2.24, 2.45) is 0 Å². The Bertz CT molecular complexity index is 1430. The maximum Gasteiger partial charge on any atom is 0.282 e. The molecule has 206 valence electrons. The Morgan fingerprint density at radius 3 is 2.49 bits per heavy atom. The summed E-state index contributed by atoms with van der Waals surface area (Å²) in [5.74, 6) is 1.50. The maximum atomic E-state index is 13.2. The normalized spacial score (nSPS) is 22.4. The van der Waals surface area contributed by atoms with Crippen LogP contribution >= 0.6 is 11.6 Å². The van der Waals surface area contributed by atoms with Gasteiger partial charge in [-0.05, 0) is 99.9 Å². The van der Waals surface area contributed by atoms with Gasteiger partial charge in [-0.2, -0.15) is 4.98 Å². The molecule has 3 aliphatic heterocycles. The fraction of sp³-hybridized carbons (Fsp3) is 0.562. The molecule has 1 aliphatic carbocycles. The highest BCUT2D eigenvalue weighted by Crippen LogP contribution is 2.52. The Hall–Kier alpha value is -2.25. The van der Waals surface area contributed by atoms with Gasteiger partial charge in [-0.3, -0.25) is 9.36 Å². The lowest BCUT2D eigenvalue weighted by Crippen LogP contribution is -2.47. The number of aliphatic hydroxyl groups is 1. The van der Waals surface area contributed by atoms with Gasteiger partial charge in [0, 0.05) is 12.6 Å². The molecule has 0 amide bonds. The molecule has 0 unspecified atom stereocenters. The Kier molecular flexibility index (Phi) is 6.79. The van der Waals surface area contributed by atoms with Crippen molar-refractivity contribution in [2.75, 3.05) is 39.3 Å². The molecule has 1 aromatic heterocycles. The van der Waals surface area contributed by atoms with Crippen LogP contribution in [0.2, 0.25) is 5.02 Å². The quantitative estimate of drug-likeness (QED) is 0.485. The number of benzene rings is 2. The molecular formula is C32H39ClN4O2. The van der Waals surface area contributed by atoms with Crippen LogP contribution in [0.5, 0.6) is 0 Å². The summed E-state index contributed by atoms with van der Waals surface area (Å²) in [6, 6.07) is 13.6. The van der Waals surface area contributed by atoms with E-state index in [1.165, 1.54) is 61.8 Å². The van der Waals surface area contributed by atoms with E-state index >= 15 is 0 Å². The van der Waals surface area contributed by atoms with Crippen LogP contribution in [0.3, 0.4) is 0 Å². The number of rotatable bonds is 4. The van der Waals surface area contributed by atoms with Crippen molar-refractivity contribution in [1.82, 2.24) is 19.4 Å². The third-order valence-electron chi connectivity index (χ3n) is 10.3. The average molecular weight is 547 g/mol. The summed E-state index contributed by atoms with van der Waals surface area (Å²) in [6.07, 6.45) is 10.5. The first-order chi connectivity index (χ1) is 19.1. The lowest BCUT2D eigenvalue weighted by molar-refractivity contribution is 0.0793. The van der Waals surface area contributed by atoms with Gasteiger partial charge in [0.1, 0.15) is 5.82 Å². The molecule has 6 nitrogen and oxygen atoms in total. The minimum absolute atomic E-state index is 0.178. The number of aliphatic hydroxyl groups excluding tert-OH is 1. The molecule has 1 saturated carbocycles. The van der Waals surface area contributed by atoms with Crippen LogP contribution in [0.25, 0.3) is 16.6 Å². The molecule has 0 atom stereocenters. The van der Waals surface area contributed by atoms with Gasteiger partial charge in [-0.15, -0.1) is 0 Å². The summed E-state index contributed by atoms with van der Waals surface area (Å²) in [4.78, 5) is 23.1. The first-order valence-electron chi connectivity index (χ1n) is 15.0. The van der Waals surface area contributed by atoms with Crippen molar-refractivity contribution in [3.05, 3.63) is 68.7 Å². The minimum Gasteiger partial charge on any atom is -0.395 e. The third-order valence-corrected chi connectivity index (χ3v) is 10.6. The summed E-state index contributed by atoms with van der Waals surface area (Å²) in [5.41, 5.74) is 4.51. The van der Waals surface area contributed by atoms with E-state index in [9.17, 15) is 9.90 Å². The molecule has 39 heavy (non-hydrogen) atoms. The highest BCUT2D eigenvalue weighted by Gasteiger charge is 2.47. The van der Waals surface area contributed by atoms with E-state index in [0.717, 1.165) is 56.9 Å². The van der Waals surface area contributed by atoms with Crippen LogP contribution in [0, 0.1) is 0 Å². The summed E-state index contributed by atoms with van der Waals surface area (Å²) in [5, 5.41) is 10.3. The lowest BCUT2D eigenvalue weighted by Gasteiger charge is -2.42. The van der Waals surface area contributed by atoms with E-state index in [1.54, 1.807) is 6.07 Å². The van der Waals surface area contributed by atoms with Crippen LogP contribution in [0.4, 0.5) is 0 Å². The Labute approximate surface area is 235 Å². The van der Waals surface area contributed by atoms with Crippen LogP contribution in [0.1, 0.15) is 80.7 Å². The molecule has 2 aromatic carbocycles. The number of halogens is 1. The zero-order valence-electron chi connectivity index (χ0n) is 22.7. The summed E-state index contributed by atoms with van der Waals surface area (Å²) in [6.45, 7) is 5.61. The molecule has 3 aromatic rings. The lowest BCUT2D eigenvalue weighted by atomic mass is 9.69. The average Bonchev–Trinajstić information content (AvgIpc) is 3.22. The molecule has 1 spiro atoms. The van der Waals surface area contributed by atoms with Crippen LogP contribution in [-0.2, 0) is 5.41 Å². The zero-order valence-corrected chi connectivity index (χ0v) is 23.5. The second-order valence-electron chi connectivity index (χ2n) is 12.2. The van der Waals surface area contributed by atoms with Gasteiger partial charge in [-0.1, -0.05) is 49.1 Å². The Morgan fingerprint density at radius 1 is 0.974 bits per heavy atom. The third kappa shape index (κ3) is 4.26. The van der Waals surface area contributed by atoms with Crippen molar-refractivity contribution < 1.29 is 5.11 Å². The van der Waals surface area contributed by atoms with Crippen LogP contribution < -0.4 is 5.56 Å². The van der Waals surface area contributed by atoms with Gasteiger partial charge in [-0.25, -0.2) is 0 Å². The van der Waals surface area contributed by atoms with Gasteiger partial charge in [0.15, 0.2) is 0 Å². The standard InChI is InChI=1S/C32H39ClN4O2/c33-26-5-4-6-28-29(26)30(39)34-31-32(13-2-1-3-14-32)25-21-23(7-8-27(25)37(28)31)22-9-17-36(18-10-22)24-11-15-35(16-12-24)19-20-38/h4-8,21-22,24,38H,1-3,9-20H2. The van der Waals surface area contributed by atoms with Crippen molar-refractivity contribution in [3.63, 3.8) is 0 Å². The fourth-order valence-electron chi connectivity index (χ4n) is 8.19. The van der Waals surface area contributed by atoms with E-state index in [-0.39, 0.29) is 17.6 Å².